The van der Waals surface area contributed by atoms with Crippen LogP contribution in [0.1, 0.15) is 11.1 Å². The summed E-state index contributed by atoms with van der Waals surface area (Å²) in [6, 6.07) is 4.99. The molecule has 0 saturated heterocycles. The largest absolute Gasteiger partial charge is 0.327 e. The number of aryl methyl sites for hydroxylation is 1. The summed E-state index contributed by atoms with van der Waals surface area (Å²) < 4.78 is 0. The van der Waals surface area contributed by atoms with Crippen LogP contribution >= 0.6 is 0 Å². The number of benzene rings is 1. The van der Waals surface area contributed by atoms with Crippen LogP contribution in [0.4, 0.5) is 5.69 Å². The Morgan fingerprint density at radius 3 is 2.86 bits per heavy atom. The molecule has 0 saturated carbocycles. The van der Waals surface area contributed by atoms with Gasteiger partial charge in [0.05, 0.1) is 10.5 Å². The average Bonchev–Trinajstić information content (AvgIpc) is 2.14. The average molecular weight is 192 g/mol. The summed E-state index contributed by atoms with van der Waals surface area (Å²) in [5.74, 6) is 0. The lowest BCUT2D eigenvalue weighted by molar-refractivity contribution is -0.385. The molecule has 0 aliphatic heterocycles. The van der Waals surface area contributed by atoms with Gasteiger partial charge < -0.3 is 5.73 Å². The van der Waals surface area contributed by atoms with Crippen LogP contribution in [0.5, 0.6) is 0 Å². The van der Waals surface area contributed by atoms with E-state index in [9.17, 15) is 10.1 Å². The van der Waals surface area contributed by atoms with E-state index >= 15 is 0 Å². The van der Waals surface area contributed by atoms with Crippen molar-refractivity contribution < 1.29 is 4.92 Å². The Hall–Kier alpha value is -1.68. The van der Waals surface area contributed by atoms with E-state index in [1.165, 1.54) is 6.07 Å². The van der Waals surface area contributed by atoms with Crippen LogP contribution in [0.2, 0.25) is 0 Å². The van der Waals surface area contributed by atoms with Crippen molar-refractivity contribution in [1.82, 2.24) is 0 Å². The Balaban J connectivity index is 3.15. The Labute approximate surface area is 82.2 Å². The number of nitro groups is 1. The van der Waals surface area contributed by atoms with Gasteiger partial charge in [-0.1, -0.05) is 23.8 Å². The zero-order valence-electron chi connectivity index (χ0n) is 7.93. The van der Waals surface area contributed by atoms with Gasteiger partial charge in [0.1, 0.15) is 0 Å². The molecule has 0 aliphatic carbocycles. The van der Waals surface area contributed by atoms with Crippen molar-refractivity contribution in [2.45, 2.75) is 6.92 Å². The summed E-state index contributed by atoms with van der Waals surface area (Å²) in [6.45, 7) is 2.27. The van der Waals surface area contributed by atoms with Gasteiger partial charge in [0.2, 0.25) is 0 Å². The molecule has 4 heteroatoms. The summed E-state index contributed by atoms with van der Waals surface area (Å²) in [4.78, 5) is 10.2. The van der Waals surface area contributed by atoms with Crippen LogP contribution in [0.3, 0.4) is 0 Å². The highest BCUT2D eigenvalue weighted by atomic mass is 16.6. The topological polar surface area (TPSA) is 69.2 Å². The predicted molar refractivity (Wildman–Crippen MR) is 55.9 cm³/mol. The summed E-state index contributed by atoms with van der Waals surface area (Å²) >= 11 is 0. The van der Waals surface area contributed by atoms with Crippen molar-refractivity contribution >= 4 is 11.8 Å². The molecule has 0 heterocycles. The highest BCUT2D eigenvalue weighted by Gasteiger charge is 2.10. The molecule has 0 radical (unpaired) electrons. The number of rotatable bonds is 3. The molecule has 0 bridgehead atoms. The van der Waals surface area contributed by atoms with E-state index in [2.05, 4.69) is 0 Å². The number of nitrogens with two attached hydrogens (primary N) is 1. The maximum absolute atomic E-state index is 10.6. The van der Waals surface area contributed by atoms with Crippen LogP contribution in [-0.4, -0.2) is 11.5 Å². The summed E-state index contributed by atoms with van der Waals surface area (Å²) in [7, 11) is 0. The van der Waals surface area contributed by atoms with Gasteiger partial charge in [-0.2, -0.15) is 0 Å². The van der Waals surface area contributed by atoms with Gasteiger partial charge in [-0.15, -0.1) is 0 Å². The molecule has 1 rings (SSSR count). The summed E-state index contributed by atoms with van der Waals surface area (Å²) in [5.41, 5.74) is 6.99. The van der Waals surface area contributed by atoms with Crippen molar-refractivity contribution in [2.75, 3.05) is 6.54 Å². The number of hydrogen-bond donors (Lipinski definition) is 1. The minimum Gasteiger partial charge on any atom is -0.327 e. The maximum atomic E-state index is 10.6. The minimum atomic E-state index is -0.393. The first-order chi connectivity index (χ1) is 6.65. The van der Waals surface area contributed by atoms with Crippen molar-refractivity contribution in [1.29, 1.82) is 0 Å². The minimum absolute atomic E-state index is 0.111. The van der Waals surface area contributed by atoms with Crippen LogP contribution in [0.15, 0.2) is 24.3 Å². The monoisotopic (exact) mass is 192 g/mol. The quantitative estimate of drug-likeness (QED) is 0.587. The fraction of sp³-hybridized carbons (Fsp3) is 0.200. The second-order valence-corrected chi connectivity index (χ2v) is 2.96. The molecule has 14 heavy (non-hydrogen) atoms. The van der Waals surface area contributed by atoms with E-state index in [1.807, 2.05) is 6.92 Å². The number of hydrogen-bond acceptors (Lipinski definition) is 3. The molecule has 0 amide bonds. The van der Waals surface area contributed by atoms with Crippen LogP contribution in [0.25, 0.3) is 6.08 Å². The Kier molecular flexibility index (Phi) is 3.36. The van der Waals surface area contributed by atoms with E-state index in [0.717, 1.165) is 5.56 Å². The van der Waals surface area contributed by atoms with Crippen LogP contribution < -0.4 is 5.73 Å². The second-order valence-electron chi connectivity index (χ2n) is 2.96. The van der Waals surface area contributed by atoms with Crippen molar-refractivity contribution in [3.05, 3.63) is 45.5 Å². The molecule has 4 nitrogen and oxygen atoms in total. The smallest absolute Gasteiger partial charge is 0.276 e. The third-order valence-electron chi connectivity index (χ3n) is 1.81. The Morgan fingerprint density at radius 2 is 2.29 bits per heavy atom. The lowest BCUT2D eigenvalue weighted by Gasteiger charge is -1.98. The van der Waals surface area contributed by atoms with Gasteiger partial charge in [0.15, 0.2) is 0 Å². The standard InChI is InChI=1S/C10H12N2O2/c1-8-4-5-10(12(13)14)9(7-8)3-2-6-11/h2-5,7H,6,11H2,1H3. The van der Waals surface area contributed by atoms with E-state index in [-0.39, 0.29) is 5.69 Å². The first-order valence-corrected chi connectivity index (χ1v) is 4.27. The highest BCUT2D eigenvalue weighted by molar-refractivity contribution is 5.61. The fourth-order valence-electron chi connectivity index (χ4n) is 1.17. The van der Waals surface area contributed by atoms with Gasteiger partial charge >= 0.3 is 0 Å². The van der Waals surface area contributed by atoms with E-state index in [0.29, 0.717) is 12.1 Å². The molecular formula is C10H12N2O2. The van der Waals surface area contributed by atoms with Gasteiger partial charge in [-0.25, -0.2) is 0 Å². The summed E-state index contributed by atoms with van der Waals surface area (Å²) in [6.07, 6.45) is 3.37. The lowest BCUT2D eigenvalue weighted by Crippen LogP contribution is -1.94. The zero-order valence-corrected chi connectivity index (χ0v) is 7.93. The predicted octanol–water partition coefficient (Wildman–Crippen LogP) is 1.88. The molecule has 0 unspecified atom stereocenters. The third-order valence-corrected chi connectivity index (χ3v) is 1.81. The van der Waals surface area contributed by atoms with Gasteiger partial charge in [-0.05, 0) is 13.0 Å². The lowest BCUT2D eigenvalue weighted by atomic mass is 10.1. The molecule has 1 aromatic rings. The molecular weight excluding hydrogens is 180 g/mol. The molecule has 0 aliphatic rings. The SMILES string of the molecule is Cc1ccc([N+](=O)[O-])c(C=CCN)c1. The van der Waals surface area contributed by atoms with Crippen molar-refractivity contribution in [3.63, 3.8) is 0 Å². The molecule has 2 N–H and O–H groups in total. The highest BCUT2D eigenvalue weighted by Crippen LogP contribution is 2.20. The third kappa shape index (κ3) is 2.40. The van der Waals surface area contributed by atoms with Gasteiger partial charge in [-0.3, -0.25) is 10.1 Å². The van der Waals surface area contributed by atoms with E-state index < -0.39 is 4.92 Å². The first kappa shape index (κ1) is 10.4. The second kappa shape index (κ2) is 4.53. The fourth-order valence-corrected chi connectivity index (χ4v) is 1.17. The number of nitrogens with zero attached hydrogens (tertiary/aromatic N) is 1. The molecule has 1 aromatic carbocycles. The van der Waals surface area contributed by atoms with Gasteiger partial charge in [0, 0.05) is 12.6 Å². The van der Waals surface area contributed by atoms with Crippen molar-refractivity contribution in [3.8, 4) is 0 Å². The molecule has 74 valence electrons. The maximum Gasteiger partial charge on any atom is 0.276 e. The number of nitro benzene ring substituents is 1. The Morgan fingerprint density at radius 1 is 1.57 bits per heavy atom. The summed E-state index contributed by atoms with van der Waals surface area (Å²) in [5, 5.41) is 10.6. The van der Waals surface area contributed by atoms with Crippen LogP contribution in [0, 0.1) is 17.0 Å². The molecule has 0 atom stereocenters. The normalized spacial score (nSPS) is 10.7. The van der Waals surface area contributed by atoms with E-state index in [1.54, 1.807) is 24.3 Å². The van der Waals surface area contributed by atoms with E-state index in [4.69, 9.17) is 5.73 Å². The van der Waals surface area contributed by atoms with Crippen molar-refractivity contribution in [2.24, 2.45) is 5.73 Å². The first-order valence-electron chi connectivity index (χ1n) is 4.27. The molecule has 0 spiro atoms. The molecule has 0 fully saturated rings. The zero-order chi connectivity index (χ0) is 10.6. The van der Waals surface area contributed by atoms with Gasteiger partial charge in [0.25, 0.3) is 5.69 Å². The van der Waals surface area contributed by atoms with Crippen LogP contribution in [-0.2, 0) is 0 Å². The Bertz CT molecular complexity index is 372. The molecule has 0 aromatic heterocycles.